The highest BCUT2D eigenvalue weighted by molar-refractivity contribution is 8.04. The van der Waals surface area contributed by atoms with Crippen LogP contribution in [0, 0.1) is 0 Å². The van der Waals surface area contributed by atoms with Gasteiger partial charge in [-0.3, -0.25) is 0 Å². The van der Waals surface area contributed by atoms with Crippen molar-refractivity contribution in [3.63, 3.8) is 0 Å². The van der Waals surface area contributed by atoms with Gasteiger partial charge in [-0.25, -0.2) is 0 Å². The summed E-state index contributed by atoms with van der Waals surface area (Å²) in [5, 5.41) is 0. The molecule has 0 bridgehead atoms. The van der Waals surface area contributed by atoms with E-state index in [4.69, 9.17) is 11.6 Å². The van der Waals surface area contributed by atoms with Crippen molar-refractivity contribution < 1.29 is 0 Å². The Labute approximate surface area is 52.9 Å². The minimum absolute atomic E-state index is 0.319. The molecule has 0 nitrogen and oxygen atoms in total. The van der Waals surface area contributed by atoms with Crippen molar-refractivity contribution in [3.8, 4) is 0 Å². The van der Waals surface area contributed by atoms with Gasteiger partial charge in [-0.05, 0) is 18.2 Å². The van der Waals surface area contributed by atoms with E-state index in [0.717, 1.165) is 6.42 Å². The minimum Gasteiger partial charge on any atom is -0.111 e. The van der Waals surface area contributed by atoms with Gasteiger partial charge in [0.25, 0.3) is 0 Å². The zero-order chi connectivity index (χ0) is 5.28. The first-order chi connectivity index (χ1) is 3.29. The number of hydrogen-bond donors (Lipinski definition) is 0. The van der Waals surface area contributed by atoms with Crippen LogP contribution >= 0.6 is 23.4 Å². The first kappa shape index (κ1) is 5.52. The molecule has 0 aromatic rings. The third-order valence-electron chi connectivity index (χ3n) is 0.904. The van der Waals surface area contributed by atoms with E-state index in [1.165, 1.54) is 4.91 Å². The van der Waals surface area contributed by atoms with E-state index in [9.17, 15) is 0 Å². The normalized spacial score (nSPS) is 30.6. The average molecular weight is 135 g/mol. The summed E-state index contributed by atoms with van der Waals surface area (Å²) in [7, 11) is 0. The number of halogens is 1. The molecule has 0 fully saturated rings. The van der Waals surface area contributed by atoms with E-state index >= 15 is 0 Å². The Kier molecular flexibility index (Phi) is 1.65. The fraction of sp³-hybridized carbons (Fsp3) is 0.600. The van der Waals surface area contributed by atoms with Crippen LogP contribution in [0.4, 0.5) is 0 Å². The van der Waals surface area contributed by atoms with Crippen LogP contribution in [0.2, 0.25) is 0 Å². The third-order valence-corrected chi connectivity index (χ3v) is 2.34. The second-order valence-electron chi connectivity index (χ2n) is 1.58. The third kappa shape index (κ3) is 1.39. The zero-order valence-electron chi connectivity index (χ0n) is 4.15. The molecular formula is C5H7ClS. The standard InChI is InChI=1S/C5H7ClS/c1-4-2-3-5(6)7-4/h2,5H,3H2,1H3. The van der Waals surface area contributed by atoms with Crippen LogP contribution in [0.15, 0.2) is 11.0 Å². The van der Waals surface area contributed by atoms with Gasteiger partial charge in [0, 0.05) is 0 Å². The predicted octanol–water partition coefficient (Wildman–Crippen LogP) is 2.59. The van der Waals surface area contributed by atoms with Gasteiger partial charge < -0.3 is 0 Å². The quantitative estimate of drug-likeness (QED) is 0.459. The molecule has 40 valence electrons. The lowest BCUT2D eigenvalue weighted by Gasteiger charge is -1.92. The van der Waals surface area contributed by atoms with Crippen molar-refractivity contribution in [1.29, 1.82) is 0 Å². The topological polar surface area (TPSA) is 0 Å². The van der Waals surface area contributed by atoms with E-state index in [0.29, 0.717) is 4.71 Å². The van der Waals surface area contributed by atoms with Crippen LogP contribution < -0.4 is 0 Å². The van der Waals surface area contributed by atoms with Crippen LogP contribution in [-0.4, -0.2) is 4.71 Å². The van der Waals surface area contributed by atoms with Crippen LogP contribution in [0.25, 0.3) is 0 Å². The maximum atomic E-state index is 5.72. The average Bonchev–Trinajstić information content (AvgIpc) is 1.87. The summed E-state index contributed by atoms with van der Waals surface area (Å²) in [5.41, 5.74) is 0. The predicted molar refractivity (Wildman–Crippen MR) is 35.6 cm³/mol. The van der Waals surface area contributed by atoms with E-state index in [1.807, 2.05) is 0 Å². The van der Waals surface area contributed by atoms with Gasteiger partial charge in [-0.2, -0.15) is 0 Å². The largest absolute Gasteiger partial charge is 0.111 e. The maximum absolute atomic E-state index is 5.72. The summed E-state index contributed by atoms with van der Waals surface area (Å²) in [6, 6.07) is 0. The Balaban J connectivity index is 2.42. The van der Waals surface area contributed by atoms with Crippen LogP contribution in [0.5, 0.6) is 0 Å². The SMILES string of the molecule is CC1=CCC(Cl)S1. The molecule has 1 unspecified atom stereocenters. The van der Waals surface area contributed by atoms with E-state index in [2.05, 4.69) is 13.0 Å². The Morgan fingerprint density at radius 3 is 2.86 bits per heavy atom. The summed E-state index contributed by atoms with van der Waals surface area (Å²) < 4.78 is 0.319. The number of allylic oxidation sites excluding steroid dienone is 2. The molecule has 1 rings (SSSR count). The molecule has 0 amide bonds. The number of alkyl halides is 1. The molecule has 1 aliphatic heterocycles. The lowest BCUT2D eigenvalue weighted by molar-refractivity contribution is 1.19. The summed E-state index contributed by atoms with van der Waals surface area (Å²) in [4.78, 5) is 1.36. The van der Waals surface area contributed by atoms with Crippen molar-refractivity contribution in [3.05, 3.63) is 11.0 Å². The molecule has 0 saturated heterocycles. The van der Waals surface area contributed by atoms with Gasteiger partial charge in [0.2, 0.25) is 0 Å². The summed E-state index contributed by atoms with van der Waals surface area (Å²) >= 11 is 7.46. The molecule has 0 aliphatic carbocycles. The van der Waals surface area contributed by atoms with Crippen LogP contribution in [0.1, 0.15) is 13.3 Å². The lowest BCUT2D eigenvalue weighted by Crippen LogP contribution is -1.77. The molecule has 7 heavy (non-hydrogen) atoms. The fourth-order valence-electron chi connectivity index (χ4n) is 0.557. The second kappa shape index (κ2) is 2.10. The Morgan fingerprint density at radius 1 is 2.00 bits per heavy atom. The van der Waals surface area contributed by atoms with Gasteiger partial charge in [0.1, 0.15) is 0 Å². The Morgan fingerprint density at radius 2 is 2.71 bits per heavy atom. The Hall–Kier alpha value is 0.380. The molecule has 0 spiro atoms. The smallest absolute Gasteiger partial charge is 0.0867 e. The molecule has 1 atom stereocenters. The molecule has 1 aliphatic rings. The highest BCUT2D eigenvalue weighted by atomic mass is 35.5. The van der Waals surface area contributed by atoms with E-state index in [1.54, 1.807) is 11.8 Å². The van der Waals surface area contributed by atoms with Gasteiger partial charge in [-0.1, -0.05) is 6.08 Å². The minimum atomic E-state index is 0.319. The molecule has 0 saturated carbocycles. The molecule has 0 N–H and O–H groups in total. The molecular weight excluding hydrogens is 128 g/mol. The van der Waals surface area contributed by atoms with Gasteiger partial charge in [0.15, 0.2) is 0 Å². The van der Waals surface area contributed by atoms with Gasteiger partial charge in [-0.15, -0.1) is 23.4 Å². The summed E-state index contributed by atoms with van der Waals surface area (Å²) in [6.45, 7) is 2.09. The van der Waals surface area contributed by atoms with Crippen molar-refractivity contribution in [1.82, 2.24) is 0 Å². The highest BCUT2D eigenvalue weighted by Crippen LogP contribution is 2.33. The van der Waals surface area contributed by atoms with Crippen molar-refractivity contribution >= 4 is 23.4 Å². The first-order valence-corrected chi connectivity index (χ1v) is 3.58. The van der Waals surface area contributed by atoms with Crippen LogP contribution in [0.3, 0.4) is 0 Å². The number of thioether (sulfide) groups is 1. The Bertz CT molecular complexity index is 98.3. The fourth-order valence-corrected chi connectivity index (χ4v) is 1.86. The van der Waals surface area contributed by atoms with Gasteiger partial charge >= 0.3 is 0 Å². The van der Waals surface area contributed by atoms with Crippen molar-refractivity contribution in [2.45, 2.75) is 18.1 Å². The van der Waals surface area contributed by atoms with E-state index < -0.39 is 0 Å². The van der Waals surface area contributed by atoms with Crippen LogP contribution in [-0.2, 0) is 0 Å². The van der Waals surface area contributed by atoms with Crippen molar-refractivity contribution in [2.75, 3.05) is 0 Å². The second-order valence-corrected chi connectivity index (χ2v) is 3.81. The summed E-state index contributed by atoms with van der Waals surface area (Å²) in [5.74, 6) is 0. The van der Waals surface area contributed by atoms with E-state index in [-0.39, 0.29) is 0 Å². The number of hydrogen-bond acceptors (Lipinski definition) is 1. The monoisotopic (exact) mass is 134 g/mol. The first-order valence-electron chi connectivity index (χ1n) is 2.26. The highest BCUT2D eigenvalue weighted by Gasteiger charge is 2.09. The molecule has 2 heteroatoms. The molecule has 0 aromatic carbocycles. The van der Waals surface area contributed by atoms with Gasteiger partial charge in [0.05, 0.1) is 4.71 Å². The molecule has 0 radical (unpaired) electrons. The maximum Gasteiger partial charge on any atom is 0.0867 e. The number of rotatable bonds is 0. The lowest BCUT2D eigenvalue weighted by atomic mass is 10.4. The summed E-state index contributed by atoms with van der Waals surface area (Å²) in [6.07, 6.45) is 3.21. The zero-order valence-corrected chi connectivity index (χ0v) is 5.72. The molecule has 1 heterocycles. The van der Waals surface area contributed by atoms with Crippen molar-refractivity contribution in [2.24, 2.45) is 0 Å². The molecule has 0 aromatic heterocycles.